The molecule has 4 aliphatic carbocycles. The maximum absolute atomic E-state index is 17.6. The Kier molecular flexibility index (Phi) is 8.40. The Hall–Kier alpha value is -3.57. The molecule has 1 N–H and O–H groups in total. The van der Waals surface area contributed by atoms with Gasteiger partial charge in [-0.05, 0) is 98.5 Å². The van der Waals surface area contributed by atoms with Gasteiger partial charge in [0.05, 0.1) is 11.7 Å². The van der Waals surface area contributed by atoms with Crippen molar-refractivity contribution < 1.29 is 46.9 Å². The van der Waals surface area contributed by atoms with Crippen LogP contribution < -0.4 is 4.74 Å². The molecule has 0 radical (unpaired) electrons. The van der Waals surface area contributed by atoms with Gasteiger partial charge < -0.3 is 19.3 Å². The first-order chi connectivity index (χ1) is 22.2. The number of hydrogen-bond acceptors (Lipinski definition) is 8. The van der Waals surface area contributed by atoms with E-state index in [1.54, 1.807) is 43.8 Å². The summed E-state index contributed by atoms with van der Waals surface area (Å²) in [7, 11) is 0. The lowest BCUT2D eigenvalue weighted by Gasteiger charge is -2.63. The third kappa shape index (κ3) is 4.86. The van der Waals surface area contributed by atoms with Crippen molar-refractivity contribution in [3.05, 3.63) is 77.9 Å². The second-order valence-corrected chi connectivity index (χ2v) is 14.3. The number of esters is 2. The molecular formula is C36H37F3O7S. The molecule has 2 aromatic rings. The topological polar surface area (TPSA) is 99.1 Å². The van der Waals surface area contributed by atoms with Crippen molar-refractivity contribution in [1.82, 2.24) is 0 Å². The van der Waals surface area contributed by atoms with Gasteiger partial charge in [0.2, 0.25) is 12.5 Å². The monoisotopic (exact) mass is 670 g/mol. The summed E-state index contributed by atoms with van der Waals surface area (Å²) >= 11 is 1.56. The summed E-state index contributed by atoms with van der Waals surface area (Å²) in [6.07, 6.45) is 1.50. The number of ketones is 1. The van der Waals surface area contributed by atoms with Crippen molar-refractivity contribution in [2.24, 2.45) is 28.6 Å². The van der Waals surface area contributed by atoms with Crippen LogP contribution in [-0.2, 0) is 19.1 Å². The zero-order valence-corrected chi connectivity index (χ0v) is 27.3. The Labute approximate surface area is 275 Å². The Bertz CT molecular complexity index is 1660. The molecule has 4 aliphatic rings. The number of ether oxygens (including phenoxy) is 3. The van der Waals surface area contributed by atoms with Crippen LogP contribution in [0.5, 0.6) is 11.5 Å². The van der Waals surface area contributed by atoms with Gasteiger partial charge in [0.1, 0.15) is 17.7 Å². The fraction of sp³-hybridized carbons (Fsp3) is 0.472. The number of aliphatic hydroxyl groups is 1. The van der Waals surface area contributed by atoms with E-state index in [1.807, 2.05) is 24.5 Å². The van der Waals surface area contributed by atoms with Crippen molar-refractivity contribution in [2.45, 2.75) is 68.5 Å². The maximum Gasteiger partial charge on any atom is 0.353 e. The quantitative estimate of drug-likeness (QED) is 0.246. The molecule has 9 atom stereocenters. The van der Waals surface area contributed by atoms with Crippen LogP contribution >= 0.6 is 11.8 Å². The van der Waals surface area contributed by atoms with Gasteiger partial charge in [-0.15, -0.1) is 11.8 Å². The van der Waals surface area contributed by atoms with Crippen molar-refractivity contribution in [2.75, 3.05) is 13.1 Å². The minimum atomic E-state index is -2.40. The standard InChI is InChI=1S/C36H37F3O7S/c1-20-14-26-27-17-29(38)28-15-22(40)12-13-33(28,2)35(27,39)30(41)18-34(26,3)36(20,32(43)44-19-37)46-31(42)21-8-10-23(11-9-21)45-24-6-5-7-25(16-24)47-4/h5-13,15-16,20,26-27,29-30,41H,14,17-19H2,1-4H3/t20-,26+,27+,29+,30+,33+,34+,35?,36-/m1/s1. The predicted molar refractivity (Wildman–Crippen MR) is 168 cm³/mol. The molecule has 0 heterocycles. The number of rotatable bonds is 7. The lowest BCUT2D eigenvalue weighted by Crippen LogP contribution is -2.71. The van der Waals surface area contributed by atoms with Crippen LogP contribution in [0, 0.1) is 28.6 Å². The first-order valence-corrected chi connectivity index (χ1v) is 16.8. The van der Waals surface area contributed by atoms with E-state index in [4.69, 9.17) is 14.2 Å². The summed E-state index contributed by atoms with van der Waals surface area (Å²) in [6, 6.07) is 13.5. The van der Waals surface area contributed by atoms with E-state index in [0.717, 1.165) is 11.0 Å². The highest BCUT2D eigenvalue weighted by Gasteiger charge is 2.78. The molecule has 0 bridgehead atoms. The molecule has 47 heavy (non-hydrogen) atoms. The first kappa shape index (κ1) is 33.3. The smallest absolute Gasteiger partial charge is 0.353 e. The molecule has 1 unspecified atom stereocenters. The van der Waals surface area contributed by atoms with E-state index in [-0.39, 0.29) is 30.4 Å². The fourth-order valence-corrected chi connectivity index (χ4v) is 9.49. The van der Waals surface area contributed by atoms with Gasteiger partial charge in [0.25, 0.3) is 0 Å². The van der Waals surface area contributed by atoms with Crippen molar-refractivity contribution in [3.63, 3.8) is 0 Å². The molecule has 11 heteroatoms. The number of fused-ring (bicyclic) bond motifs is 5. The molecule has 6 rings (SSSR count). The number of benzene rings is 2. The van der Waals surface area contributed by atoms with Gasteiger partial charge in [-0.3, -0.25) is 4.79 Å². The molecule has 3 saturated carbocycles. The largest absolute Gasteiger partial charge is 0.457 e. The summed E-state index contributed by atoms with van der Waals surface area (Å²) < 4.78 is 63.9. The number of halogens is 3. The van der Waals surface area contributed by atoms with E-state index in [9.17, 15) is 23.9 Å². The van der Waals surface area contributed by atoms with Crippen molar-refractivity contribution in [3.8, 4) is 11.5 Å². The van der Waals surface area contributed by atoms with Gasteiger partial charge in [-0.2, -0.15) is 0 Å². The zero-order chi connectivity index (χ0) is 33.9. The Morgan fingerprint density at radius 3 is 2.47 bits per heavy atom. The summed E-state index contributed by atoms with van der Waals surface area (Å²) in [4.78, 5) is 40.7. The van der Waals surface area contributed by atoms with Crippen LogP contribution in [0.25, 0.3) is 0 Å². The normalized spacial score (nSPS) is 37.2. The Morgan fingerprint density at radius 2 is 1.79 bits per heavy atom. The summed E-state index contributed by atoms with van der Waals surface area (Å²) in [5.74, 6) is -4.20. The van der Waals surface area contributed by atoms with Crippen molar-refractivity contribution >= 4 is 29.5 Å². The number of allylic oxidation sites excluding steroid dienone is 4. The highest BCUT2D eigenvalue weighted by atomic mass is 32.2. The minimum Gasteiger partial charge on any atom is -0.457 e. The molecule has 0 amide bonds. The number of alkyl halides is 3. The molecule has 0 spiro atoms. The number of aliphatic hydroxyl groups excluding tert-OH is 1. The number of carbonyl (C=O) groups is 3. The molecule has 3 fully saturated rings. The van der Waals surface area contributed by atoms with E-state index in [2.05, 4.69) is 0 Å². The zero-order valence-electron chi connectivity index (χ0n) is 26.5. The highest BCUT2D eigenvalue weighted by molar-refractivity contribution is 7.98. The third-order valence-electron chi connectivity index (χ3n) is 11.3. The van der Waals surface area contributed by atoms with Crippen LogP contribution in [0.3, 0.4) is 0 Å². The number of hydrogen-bond donors (Lipinski definition) is 1. The molecule has 7 nitrogen and oxygen atoms in total. The molecular weight excluding hydrogens is 633 g/mol. The predicted octanol–water partition coefficient (Wildman–Crippen LogP) is 7.13. The number of thioether (sulfide) groups is 1. The highest BCUT2D eigenvalue weighted by Crippen LogP contribution is 2.71. The van der Waals surface area contributed by atoms with Gasteiger partial charge >= 0.3 is 11.9 Å². The maximum atomic E-state index is 17.6. The lowest BCUT2D eigenvalue weighted by molar-refractivity contribution is -0.232. The van der Waals surface area contributed by atoms with Crippen LogP contribution in [0.1, 0.15) is 50.4 Å². The second kappa shape index (κ2) is 11.8. The van der Waals surface area contributed by atoms with Crippen LogP contribution in [0.2, 0.25) is 0 Å². The summed E-state index contributed by atoms with van der Waals surface area (Å²) in [5, 5.41) is 11.7. The molecule has 0 aliphatic heterocycles. The molecule has 250 valence electrons. The van der Waals surface area contributed by atoms with E-state index in [0.29, 0.717) is 11.5 Å². The average molecular weight is 671 g/mol. The Morgan fingerprint density at radius 1 is 1.06 bits per heavy atom. The molecule has 2 aromatic carbocycles. The van der Waals surface area contributed by atoms with E-state index < -0.39 is 76.7 Å². The van der Waals surface area contributed by atoms with Gasteiger partial charge in [0, 0.05) is 27.6 Å². The lowest BCUT2D eigenvalue weighted by atomic mass is 9.44. The van der Waals surface area contributed by atoms with Gasteiger partial charge in [0.15, 0.2) is 11.5 Å². The third-order valence-corrected chi connectivity index (χ3v) is 12.0. The van der Waals surface area contributed by atoms with E-state index >= 15 is 8.78 Å². The van der Waals surface area contributed by atoms with Crippen molar-refractivity contribution in [1.29, 1.82) is 0 Å². The summed E-state index contributed by atoms with van der Waals surface area (Å²) in [5.41, 5.74) is -7.59. The van der Waals surface area contributed by atoms with Crippen LogP contribution in [-0.4, -0.2) is 59.5 Å². The molecule has 0 saturated heterocycles. The first-order valence-electron chi connectivity index (χ1n) is 15.6. The molecule has 0 aromatic heterocycles. The SMILES string of the molecule is CSc1cccc(Oc2ccc(C(=O)O[C@@]3(C(=O)OCF)[C@H](C)C[C@H]4[C@@H]5C[C@H](F)C6=CC(=O)C=C[C@]6(C)C5(F)[C@@H](O)C[C@@]43C)cc2)c1. The summed E-state index contributed by atoms with van der Waals surface area (Å²) in [6.45, 7) is 3.20. The van der Waals surface area contributed by atoms with Crippen LogP contribution in [0.4, 0.5) is 13.2 Å². The van der Waals surface area contributed by atoms with Crippen LogP contribution in [0.15, 0.2) is 77.2 Å². The Balaban J connectivity index is 1.34. The van der Waals surface area contributed by atoms with Gasteiger partial charge in [-0.1, -0.05) is 26.0 Å². The van der Waals surface area contributed by atoms with Gasteiger partial charge in [-0.25, -0.2) is 22.8 Å². The minimum absolute atomic E-state index is 0.0311. The fourth-order valence-electron chi connectivity index (χ4n) is 9.04. The second-order valence-electron chi connectivity index (χ2n) is 13.5. The number of carbonyl (C=O) groups excluding carboxylic acids is 3. The average Bonchev–Trinajstić information content (AvgIpc) is 3.26. The van der Waals surface area contributed by atoms with E-state index in [1.165, 1.54) is 31.2 Å².